The van der Waals surface area contributed by atoms with Crippen LogP contribution in [0.1, 0.15) is 38.8 Å². The third-order valence-electron chi connectivity index (χ3n) is 1.87. The summed E-state index contributed by atoms with van der Waals surface area (Å²) in [6, 6.07) is 6.28. The molecule has 4 heteroatoms. The highest BCUT2D eigenvalue weighted by Crippen LogP contribution is 2.08. The zero-order chi connectivity index (χ0) is 19.8. The number of carboxylic acid groups (broad SMARTS) is 1. The van der Waals surface area contributed by atoms with Crippen LogP contribution in [0, 0.1) is 17.8 Å². The van der Waals surface area contributed by atoms with Crippen molar-refractivity contribution in [3.63, 3.8) is 0 Å². The highest BCUT2D eigenvalue weighted by molar-refractivity contribution is 5.73. The molecule has 0 bridgehead atoms. The van der Waals surface area contributed by atoms with Crippen LogP contribution in [-0.2, 0) is 11.2 Å². The number of carbonyl (C=O) groups is 1. The fraction of sp³-hybridized carbons (Fsp3) is 0.400. The fourth-order valence-electron chi connectivity index (χ4n) is 1.13. The van der Waals surface area contributed by atoms with Crippen LogP contribution < -0.4 is 5.73 Å². The summed E-state index contributed by atoms with van der Waals surface area (Å²) in [4.78, 5) is 10.5. The second-order valence-electron chi connectivity index (χ2n) is 6.24. The van der Waals surface area contributed by atoms with Crippen LogP contribution in [0.5, 0.6) is 0 Å². The third-order valence-corrected chi connectivity index (χ3v) is 1.87. The number of terminal acetylenes is 1. The maximum absolute atomic E-state index is 10.5. The molecule has 0 radical (unpaired) electrons. The second-order valence-corrected chi connectivity index (χ2v) is 6.24. The molecular formula is C20H31NO3. The first kappa shape index (κ1) is 26.6. The highest BCUT2D eigenvalue weighted by atomic mass is 16.4. The van der Waals surface area contributed by atoms with Crippen molar-refractivity contribution < 1.29 is 15.0 Å². The van der Waals surface area contributed by atoms with E-state index in [0.29, 0.717) is 11.8 Å². The maximum Gasteiger partial charge on any atom is 0.320 e. The molecule has 1 atom stereocenters. The molecule has 0 amide bonds. The highest BCUT2D eigenvalue weighted by Gasteiger charge is 2.11. The van der Waals surface area contributed by atoms with Crippen molar-refractivity contribution >= 4 is 5.97 Å². The van der Waals surface area contributed by atoms with E-state index in [1.165, 1.54) is 0 Å². The molecule has 0 aliphatic rings. The molecule has 0 saturated carbocycles. The van der Waals surface area contributed by atoms with Gasteiger partial charge >= 0.3 is 5.97 Å². The van der Waals surface area contributed by atoms with E-state index in [9.17, 15) is 4.79 Å². The van der Waals surface area contributed by atoms with Crippen LogP contribution in [0.15, 0.2) is 43.2 Å². The predicted molar refractivity (Wildman–Crippen MR) is 102 cm³/mol. The quantitative estimate of drug-likeness (QED) is 0.586. The molecule has 0 aliphatic heterocycles. The van der Waals surface area contributed by atoms with Crippen molar-refractivity contribution in [1.29, 1.82) is 0 Å². The van der Waals surface area contributed by atoms with Crippen molar-refractivity contribution in [3.8, 4) is 12.3 Å². The van der Waals surface area contributed by atoms with E-state index < -0.39 is 12.0 Å². The Balaban J connectivity index is -0.000000368. The van der Waals surface area contributed by atoms with Crippen LogP contribution in [0.2, 0.25) is 0 Å². The number of hydrogen-bond acceptors (Lipinski definition) is 3. The summed E-state index contributed by atoms with van der Waals surface area (Å²) in [5, 5.41) is 15.6. The number of nitrogens with two attached hydrogens (primary N) is 1. The lowest BCUT2D eigenvalue weighted by atomic mass is 10.0. The normalized spacial score (nSPS) is 9.92. The van der Waals surface area contributed by atoms with Gasteiger partial charge in [0.1, 0.15) is 6.04 Å². The van der Waals surface area contributed by atoms with Gasteiger partial charge in [0.05, 0.1) is 0 Å². The van der Waals surface area contributed by atoms with E-state index in [0.717, 1.165) is 18.2 Å². The largest absolute Gasteiger partial charge is 0.480 e. The van der Waals surface area contributed by atoms with Gasteiger partial charge in [-0.2, -0.15) is 0 Å². The van der Waals surface area contributed by atoms with Gasteiger partial charge in [-0.15, -0.1) is 12.2 Å². The molecule has 0 heterocycles. The fourth-order valence-corrected chi connectivity index (χ4v) is 1.13. The van der Waals surface area contributed by atoms with Gasteiger partial charge in [-0.1, -0.05) is 58.9 Å². The van der Waals surface area contributed by atoms with E-state index in [4.69, 9.17) is 22.4 Å². The number of aliphatic carboxylic acids is 1. The average molecular weight is 333 g/mol. The SMILES string of the molecule is C#Cc1cccc(CC(N)C(=O)O)c1.C=C=C.CC(C)(C)C.CO. The topological polar surface area (TPSA) is 83.6 Å². The van der Waals surface area contributed by atoms with Gasteiger partial charge in [0, 0.05) is 12.7 Å². The van der Waals surface area contributed by atoms with Crippen molar-refractivity contribution in [2.24, 2.45) is 11.1 Å². The molecule has 0 spiro atoms. The molecule has 0 aliphatic carbocycles. The molecule has 0 aromatic heterocycles. The number of hydrogen-bond donors (Lipinski definition) is 3. The monoisotopic (exact) mass is 333 g/mol. The van der Waals surface area contributed by atoms with Gasteiger partial charge in [-0.25, -0.2) is 0 Å². The zero-order valence-corrected chi connectivity index (χ0v) is 15.5. The Labute approximate surface area is 146 Å². The van der Waals surface area contributed by atoms with Crippen LogP contribution in [0.3, 0.4) is 0 Å². The second kappa shape index (κ2) is 15.6. The predicted octanol–water partition coefficient (Wildman–Crippen LogP) is 3.24. The molecule has 4 N–H and O–H groups in total. The minimum atomic E-state index is -1.00. The van der Waals surface area contributed by atoms with Crippen LogP contribution in [-0.4, -0.2) is 29.3 Å². The molecule has 0 saturated heterocycles. The summed E-state index contributed by atoms with van der Waals surface area (Å²) >= 11 is 0. The third kappa shape index (κ3) is 22.0. The van der Waals surface area contributed by atoms with Gasteiger partial charge in [0.2, 0.25) is 0 Å². The minimum Gasteiger partial charge on any atom is -0.480 e. The smallest absolute Gasteiger partial charge is 0.320 e. The molecule has 1 rings (SSSR count). The van der Waals surface area contributed by atoms with Crippen LogP contribution >= 0.6 is 0 Å². The van der Waals surface area contributed by atoms with E-state index in [1.54, 1.807) is 18.2 Å². The van der Waals surface area contributed by atoms with Crippen LogP contribution in [0.25, 0.3) is 0 Å². The van der Waals surface area contributed by atoms with E-state index in [1.807, 2.05) is 6.07 Å². The Hall–Kier alpha value is -2.31. The van der Waals surface area contributed by atoms with Crippen LogP contribution in [0.4, 0.5) is 0 Å². The summed E-state index contributed by atoms with van der Waals surface area (Å²) in [6.45, 7) is 15.0. The molecule has 24 heavy (non-hydrogen) atoms. The van der Waals surface area contributed by atoms with Gasteiger partial charge in [-0.3, -0.25) is 4.79 Å². The van der Waals surface area contributed by atoms with Crippen molar-refractivity contribution in [2.45, 2.75) is 40.2 Å². The standard InChI is InChI=1S/C11H11NO2.C5H12.C3H4.CH4O/c1-2-8-4-3-5-9(6-8)7-10(12)11(13)14;1-5(2,3)4;1-3-2;1-2/h1,3-6,10H,7,12H2,(H,13,14);1-4H3;1-2H2;2H,1H3. The van der Waals surface area contributed by atoms with E-state index in [-0.39, 0.29) is 0 Å². The van der Waals surface area contributed by atoms with Crippen molar-refractivity contribution in [1.82, 2.24) is 0 Å². The molecule has 1 aromatic carbocycles. The average Bonchev–Trinajstić information content (AvgIpc) is 2.48. The molecule has 4 nitrogen and oxygen atoms in total. The number of rotatable bonds is 3. The number of benzene rings is 1. The van der Waals surface area contributed by atoms with E-state index in [2.05, 4.69) is 52.5 Å². The molecule has 0 fully saturated rings. The lowest BCUT2D eigenvalue weighted by Crippen LogP contribution is -2.32. The van der Waals surface area contributed by atoms with Crippen molar-refractivity contribution in [2.75, 3.05) is 7.11 Å². The van der Waals surface area contributed by atoms with Gasteiger partial charge < -0.3 is 15.9 Å². The summed E-state index contributed by atoms with van der Waals surface area (Å²) in [5.41, 5.74) is 9.72. The first-order chi connectivity index (χ1) is 11.0. The molecule has 134 valence electrons. The van der Waals surface area contributed by atoms with Gasteiger partial charge in [0.15, 0.2) is 0 Å². The molecule has 1 aromatic rings. The van der Waals surface area contributed by atoms with E-state index >= 15 is 0 Å². The lowest BCUT2D eigenvalue weighted by molar-refractivity contribution is -0.138. The summed E-state index contributed by atoms with van der Waals surface area (Å²) in [6.07, 6.45) is 5.51. The first-order valence-corrected chi connectivity index (χ1v) is 7.33. The Bertz CT molecular complexity index is 525. The lowest BCUT2D eigenvalue weighted by Gasteiger charge is -2.06. The summed E-state index contributed by atoms with van der Waals surface area (Å²) < 4.78 is 0. The van der Waals surface area contributed by atoms with Crippen molar-refractivity contribution in [3.05, 3.63) is 54.3 Å². The zero-order valence-electron chi connectivity index (χ0n) is 15.5. The molecule has 1 unspecified atom stereocenters. The van der Waals surface area contributed by atoms with Gasteiger partial charge in [0.25, 0.3) is 0 Å². The number of aliphatic hydroxyl groups is 1. The Morgan fingerprint density at radius 1 is 1.29 bits per heavy atom. The summed E-state index contributed by atoms with van der Waals surface area (Å²) in [7, 11) is 1.00. The molecular weight excluding hydrogens is 302 g/mol. The Morgan fingerprint density at radius 3 is 2.04 bits per heavy atom. The van der Waals surface area contributed by atoms with Gasteiger partial charge in [-0.05, 0) is 29.5 Å². The Kier molecular flexibility index (Phi) is 17.3. The number of carboxylic acids is 1. The summed E-state index contributed by atoms with van der Waals surface area (Å²) in [5.74, 6) is 1.48. The number of aliphatic hydroxyl groups excluding tert-OH is 1. The first-order valence-electron chi connectivity index (χ1n) is 7.33. The maximum atomic E-state index is 10.5. The Morgan fingerprint density at radius 2 is 1.71 bits per heavy atom. The minimum absolute atomic E-state index is 0.296.